The Morgan fingerprint density at radius 1 is 1.21 bits per heavy atom. The van der Waals surface area contributed by atoms with Crippen LogP contribution in [0.4, 0.5) is 0 Å². The fourth-order valence-corrected chi connectivity index (χ4v) is 1.69. The standard InChI is InChI=1S/C12H14N.Li/c1-13-10-6-5-9-12(13)11-7-3-2-4-8-11;/h2-4,7-8H,5-6,10H2,1H3;/q-1;+1. The zero-order valence-corrected chi connectivity index (χ0v) is 8.96. The molecule has 68 valence electrons. The van der Waals surface area contributed by atoms with Crippen LogP contribution in [0.25, 0.3) is 5.70 Å². The topological polar surface area (TPSA) is 3.24 Å². The van der Waals surface area contributed by atoms with Crippen LogP contribution in [-0.2, 0) is 0 Å². The van der Waals surface area contributed by atoms with Crippen molar-refractivity contribution >= 4 is 5.70 Å². The maximum absolute atomic E-state index is 3.43. The van der Waals surface area contributed by atoms with Gasteiger partial charge in [-0.2, -0.15) is 5.56 Å². The second kappa shape index (κ2) is 5.29. The second-order valence-electron chi connectivity index (χ2n) is 3.42. The molecule has 0 N–H and O–H groups in total. The fraction of sp³-hybridized carbons (Fsp3) is 0.333. The van der Waals surface area contributed by atoms with Crippen molar-refractivity contribution in [3.63, 3.8) is 0 Å². The van der Waals surface area contributed by atoms with E-state index in [9.17, 15) is 0 Å². The minimum Gasteiger partial charge on any atom is -0.408 e. The summed E-state index contributed by atoms with van der Waals surface area (Å²) in [5, 5.41) is 0. The van der Waals surface area contributed by atoms with Crippen LogP contribution in [0, 0.1) is 6.08 Å². The molecule has 0 spiro atoms. The molecule has 1 aromatic rings. The van der Waals surface area contributed by atoms with E-state index in [4.69, 9.17) is 0 Å². The van der Waals surface area contributed by atoms with E-state index in [1.54, 1.807) is 0 Å². The van der Waals surface area contributed by atoms with E-state index in [-0.39, 0.29) is 18.9 Å². The Balaban J connectivity index is 0.000000980. The molecule has 0 radical (unpaired) electrons. The summed E-state index contributed by atoms with van der Waals surface area (Å²) in [6.45, 7) is 1.15. The molecular formula is C12H14LiN. The largest absolute Gasteiger partial charge is 1.00 e. The van der Waals surface area contributed by atoms with Gasteiger partial charge in [0, 0.05) is 13.6 Å². The minimum absolute atomic E-state index is 0. The van der Waals surface area contributed by atoms with Crippen molar-refractivity contribution in [3.05, 3.63) is 42.0 Å². The molecule has 0 aliphatic carbocycles. The van der Waals surface area contributed by atoms with Gasteiger partial charge in [-0.1, -0.05) is 18.2 Å². The number of allylic oxidation sites excluding steroid dienone is 1. The molecule has 1 aliphatic heterocycles. The van der Waals surface area contributed by atoms with Crippen molar-refractivity contribution in [3.8, 4) is 0 Å². The number of benzene rings is 1. The molecule has 0 bridgehead atoms. The summed E-state index contributed by atoms with van der Waals surface area (Å²) in [6.07, 6.45) is 5.75. The first-order valence-corrected chi connectivity index (χ1v) is 4.75. The molecule has 14 heavy (non-hydrogen) atoms. The molecule has 1 nitrogen and oxygen atoms in total. The van der Waals surface area contributed by atoms with Gasteiger partial charge in [-0.3, -0.25) is 6.08 Å². The zero-order chi connectivity index (χ0) is 9.10. The van der Waals surface area contributed by atoms with Crippen molar-refractivity contribution in [2.24, 2.45) is 0 Å². The van der Waals surface area contributed by atoms with E-state index in [1.807, 2.05) is 6.07 Å². The Kier molecular flexibility index (Phi) is 4.32. The molecule has 0 unspecified atom stereocenters. The number of hydrogen-bond acceptors (Lipinski definition) is 1. The molecule has 0 saturated carbocycles. The van der Waals surface area contributed by atoms with Crippen molar-refractivity contribution in [2.75, 3.05) is 13.6 Å². The molecule has 2 heteroatoms. The van der Waals surface area contributed by atoms with Crippen LogP contribution in [0.2, 0.25) is 0 Å². The monoisotopic (exact) mass is 179 g/mol. The molecule has 1 aliphatic rings. The Morgan fingerprint density at radius 3 is 2.57 bits per heavy atom. The van der Waals surface area contributed by atoms with Crippen LogP contribution in [-0.4, -0.2) is 18.5 Å². The summed E-state index contributed by atoms with van der Waals surface area (Å²) in [4.78, 5) is 2.28. The van der Waals surface area contributed by atoms with Gasteiger partial charge < -0.3 is 4.90 Å². The number of nitrogens with zero attached hydrogens (tertiary/aromatic N) is 1. The number of hydrogen-bond donors (Lipinski definition) is 0. The average molecular weight is 179 g/mol. The predicted octanol–water partition coefficient (Wildman–Crippen LogP) is -0.440. The SMILES string of the molecule is CN1CCC[C-]=C1c1ccccc1.[Li+]. The fourth-order valence-electron chi connectivity index (χ4n) is 1.69. The summed E-state index contributed by atoms with van der Waals surface area (Å²) in [5.41, 5.74) is 2.54. The van der Waals surface area contributed by atoms with Crippen LogP contribution >= 0.6 is 0 Å². The summed E-state index contributed by atoms with van der Waals surface area (Å²) in [7, 11) is 2.13. The summed E-state index contributed by atoms with van der Waals surface area (Å²) in [6, 6.07) is 10.5. The van der Waals surface area contributed by atoms with Gasteiger partial charge in [0.2, 0.25) is 0 Å². The van der Waals surface area contributed by atoms with Crippen LogP contribution in [0.5, 0.6) is 0 Å². The number of rotatable bonds is 1. The van der Waals surface area contributed by atoms with E-state index >= 15 is 0 Å². The average Bonchev–Trinajstić information content (AvgIpc) is 2.20. The van der Waals surface area contributed by atoms with Crippen LogP contribution in [0.15, 0.2) is 30.3 Å². The molecule has 1 aromatic carbocycles. The van der Waals surface area contributed by atoms with E-state index in [0.717, 1.165) is 13.0 Å². The van der Waals surface area contributed by atoms with Crippen molar-refractivity contribution in [1.82, 2.24) is 4.90 Å². The molecular weight excluding hydrogens is 165 g/mol. The van der Waals surface area contributed by atoms with Crippen LogP contribution in [0.1, 0.15) is 18.4 Å². The minimum atomic E-state index is 0. The van der Waals surface area contributed by atoms with Crippen molar-refractivity contribution in [1.29, 1.82) is 0 Å². The first-order valence-electron chi connectivity index (χ1n) is 4.75. The third-order valence-electron chi connectivity index (χ3n) is 2.39. The summed E-state index contributed by atoms with van der Waals surface area (Å²) < 4.78 is 0. The molecule has 0 atom stereocenters. The third kappa shape index (κ3) is 2.44. The van der Waals surface area contributed by atoms with Crippen LogP contribution in [0.3, 0.4) is 0 Å². The zero-order valence-electron chi connectivity index (χ0n) is 8.96. The molecule has 1 heterocycles. The van der Waals surface area contributed by atoms with Gasteiger partial charge in [-0.15, -0.1) is 24.3 Å². The summed E-state index contributed by atoms with van der Waals surface area (Å²) in [5.74, 6) is 0. The van der Waals surface area contributed by atoms with E-state index in [2.05, 4.69) is 42.3 Å². The predicted molar refractivity (Wildman–Crippen MR) is 55.0 cm³/mol. The smallest absolute Gasteiger partial charge is 0.408 e. The van der Waals surface area contributed by atoms with Crippen molar-refractivity contribution < 1.29 is 18.9 Å². The van der Waals surface area contributed by atoms with Crippen molar-refractivity contribution in [2.45, 2.75) is 12.8 Å². The Morgan fingerprint density at radius 2 is 1.93 bits per heavy atom. The van der Waals surface area contributed by atoms with Crippen LogP contribution < -0.4 is 18.9 Å². The van der Waals surface area contributed by atoms with Gasteiger partial charge in [0.1, 0.15) is 0 Å². The normalized spacial score (nSPS) is 15.8. The first kappa shape index (κ1) is 11.4. The van der Waals surface area contributed by atoms with E-state index in [1.165, 1.54) is 17.7 Å². The van der Waals surface area contributed by atoms with Gasteiger partial charge in [0.25, 0.3) is 0 Å². The van der Waals surface area contributed by atoms with Gasteiger partial charge in [-0.05, 0) is 6.42 Å². The van der Waals surface area contributed by atoms with Gasteiger partial charge >= 0.3 is 18.9 Å². The molecule has 0 saturated heterocycles. The quantitative estimate of drug-likeness (QED) is 0.417. The van der Waals surface area contributed by atoms with E-state index < -0.39 is 0 Å². The molecule has 0 amide bonds. The van der Waals surface area contributed by atoms with Gasteiger partial charge in [0.05, 0.1) is 0 Å². The second-order valence-corrected chi connectivity index (χ2v) is 3.42. The summed E-state index contributed by atoms with van der Waals surface area (Å²) >= 11 is 0. The Bertz CT molecular complexity index is 305. The van der Waals surface area contributed by atoms with Gasteiger partial charge in [0.15, 0.2) is 0 Å². The Labute approximate surface area is 98.0 Å². The van der Waals surface area contributed by atoms with Gasteiger partial charge in [-0.25, -0.2) is 0 Å². The maximum Gasteiger partial charge on any atom is 1.00 e. The maximum atomic E-state index is 3.43. The third-order valence-corrected chi connectivity index (χ3v) is 2.39. The molecule has 2 rings (SSSR count). The van der Waals surface area contributed by atoms with E-state index in [0.29, 0.717) is 0 Å². The molecule has 0 fully saturated rings. The Hall–Kier alpha value is -0.643. The first-order chi connectivity index (χ1) is 6.38. The molecule has 0 aromatic heterocycles.